The zero-order valence-corrected chi connectivity index (χ0v) is 12.9. The van der Waals surface area contributed by atoms with E-state index in [1.165, 1.54) is 0 Å². The molecule has 0 unspecified atom stereocenters. The average Bonchev–Trinajstić information content (AvgIpc) is 3.10. The molecule has 2 aromatic rings. The van der Waals surface area contributed by atoms with Gasteiger partial charge in [0.05, 0.1) is 6.33 Å². The van der Waals surface area contributed by atoms with Crippen molar-refractivity contribution in [3.05, 3.63) is 37.2 Å². The first-order chi connectivity index (χ1) is 11.3. The summed E-state index contributed by atoms with van der Waals surface area (Å²) in [5.41, 5.74) is 0. The molecule has 2 aromatic heterocycles. The molecule has 8 heteroatoms. The van der Waals surface area contributed by atoms with Crippen LogP contribution < -0.4 is 15.5 Å². The first-order valence-electron chi connectivity index (χ1n) is 7.83. The Morgan fingerprint density at radius 2 is 2.00 bits per heavy atom. The Morgan fingerprint density at radius 3 is 2.70 bits per heavy atom. The number of rotatable bonds is 5. The molecular weight excluding hydrogens is 294 g/mol. The van der Waals surface area contributed by atoms with Gasteiger partial charge in [0.2, 0.25) is 5.95 Å². The number of carbonyl (C=O) groups excluding carboxylic acids is 1. The summed E-state index contributed by atoms with van der Waals surface area (Å²) in [4.78, 5) is 26.5. The molecule has 122 valence electrons. The average molecular weight is 315 g/mol. The van der Waals surface area contributed by atoms with Crippen LogP contribution in [0.2, 0.25) is 0 Å². The molecule has 1 fully saturated rings. The van der Waals surface area contributed by atoms with Crippen LogP contribution in [0.1, 0.15) is 12.8 Å². The van der Waals surface area contributed by atoms with Gasteiger partial charge in [-0.3, -0.25) is 0 Å². The summed E-state index contributed by atoms with van der Waals surface area (Å²) in [7, 11) is 0. The summed E-state index contributed by atoms with van der Waals surface area (Å²) in [6, 6.07) is 1.90. The summed E-state index contributed by atoms with van der Waals surface area (Å²) in [6.45, 7) is 3.00. The van der Waals surface area contributed by atoms with Crippen molar-refractivity contribution in [1.29, 1.82) is 0 Å². The summed E-state index contributed by atoms with van der Waals surface area (Å²) in [6.07, 6.45) is 10.6. The Labute approximate surface area is 135 Å². The minimum atomic E-state index is -0.112. The first-order valence-corrected chi connectivity index (χ1v) is 7.83. The lowest BCUT2D eigenvalue weighted by Gasteiger charge is -2.32. The van der Waals surface area contributed by atoms with E-state index < -0.39 is 0 Å². The number of anilines is 1. The maximum atomic E-state index is 11.9. The van der Waals surface area contributed by atoms with Crippen LogP contribution in [0.25, 0.3) is 0 Å². The molecule has 0 aliphatic carbocycles. The molecular formula is C15H21N7O. The summed E-state index contributed by atoms with van der Waals surface area (Å²) >= 11 is 0. The topological polar surface area (TPSA) is 88.0 Å². The zero-order valence-electron chi connectivity index (χ0n) is 12.9. The fraction of sp³-hybridized carbons (Fsp3) is 0.467. The van der Waals surface area contributed by atoms with E-state index in [9.17, 15) is 4.79 Å². The minimum absolute atomic E-state index is 0.112. The molecule has 2 amide bonds. The van der Waals surface area contributed by atoms with Crippen LogP contribution in [-0.4, -0.2) is 51.2 Å². The predicted octanol–water partition coefficient (Wildman–Crippen LogP) is 0.641. The number of nitrogens with zero attached hydrogens (tertiary/aromatic N) is 5. The van der Waals surface area contributed by atoms with Gasteiger partial charge in [0, 0.05) is 57.0 Å². The van der Waals surface area contributed by atoms with Crippen molar-refractivity contribution in [3.63, 3.8) is 0 Å². The van der Waals surface area contributed by atoms with Gasteiger partial charge in [0.25, 0.3) is 0 Å². The Hall–Kier alpha value is -2.64. The van der Waals surface area contributed by atoms with Crippen molar-refractivity contribution in [2.24, 2.45) is 0 Å². The lowest BCUT2D eigenvalue weighted by molar-refractivity contribution is 0.234. The van der Waals surface area contributed by atoms with E-state index in [0.717, 1.165) is 38.4 Å². The van der Waals surface area contributed by atoms with Gasteiger partial charge in [-0.1, -0.05) is 0 Å². The highest BCUT2D eigenvalue weighted by Gasteiger charge is 2.21. The number of piperidine rings is 1. The number of hydrogen-bond donors (Lipinski definition) is 2. The molecule has 3 rings (SSSR count). The quantitative estimate of drug-likeness (QED) is 0.845. The lowest BCUT2D eigenvalue weighted by atomic mass is 10.1. The molecule has 1 saturated heterocycles. The van der Waals surface area contributed by atoms with E-state index >= 15 is 0 Å². The molecule has 0 spiro atoms. The third-order valence-corrected chi connectivity index (χ3v) is 3.88. The number of aromatic nitrogens is 4. The van der Waals surface area contributed by atoms with Crippen LogP contribution in [0.5, 0.6) is 0 Å². The minimum Gasteiger partial charge on any atom is -0.341 e. The Kier molecular flexibility index (Phi) is 5.02. The van der Waals surface area contributed by atoms with E-state index in [4.69, 9.17) is 0 Å². The highest BCUT2D eigenvalue weighted by atomic mass is 16.2. The van der Waals surface area contributed by atoms with E-state index in [2.05, 4.69) is 30.5 Å². The van der Waals surface area contributed by atoms with Crippen molar-refractivity contribution in [2.45, 2.75) is 25.4 Å². The van der Waals surface area contributed by atoms with Crippen molar-refractivity contribution in [1.82, 2.24) is 30.2 Å². The van der Waals surface area contributed by atoms with E-state index in [-0.39, 0.29) is 12.1 Å². The van der Waals surface area contributed by atoms with Crippen molar-refractivity contribution in [3.8, 4) is 0 Å². The molecule has 2 N–H and O–H groups in total. The SMILES string of the molecule is O=C(NCCn1ccnc1)NC1CCN(c2ncccn2)CC1. The van der Waals surface area contributed by atoms with Crippen LogP contribution in [-0.2, 0) is 6.54 Å². The molecule has 3 heterocycles. The molecule has 8 nitrogen and oxygen atoms in total. The smallest absolute Gasteiger partial charge is 0.315 e. The second kappa shape index (κ2) is 7.57. The zero-order chi connectivity index (χ0) is 15.9. The molecule has 0 atom stereocenters. The van der Waals surface area contributed by atoms with Gasteiger partial charge in [-0.15, -0.1) is 0 Å². The van der Waals surface area contributed by atoms with Gasteiger partial charge in [0.1, 0.15) is 0 Å². The highest BCUT2D eigenvalue weighted by molar-refractivity contribution is 5.74. The van der Waals surface area contributed by atoms with Gasteiger partial charge < -0.3 is 20.1 Å². The Balaban J connectivity index is 1.36. The standard InChI is InChI=1S/C15H21N7O/c23-15(19-7-11-21-10-6-16-12-21)20-13-2-8-22(9-3-13)14-17-4-1-5-18-14/h1,4-6,10,12-13H,2-3,7-9,11H2,(H2,19,20,23). The fourth-order valence-electron chi connectivity index (χ4n) is 2.63. The molecule has 0 bridgehead atoms. The molecule has 23 heavy (non-hydrogen) atoms. The van der Waals surface area contributed by atoms with Gasteiger partial charge in [0.15, 0.2) is 0 Å². The molecule has 1 aliphatic heterocycles. The van der Waals surface area contributed by atoms with Crippen LogP contribution in [0.15, 0.2) is 37.2 Å². The van der Waals surface area contributed by atoms with Crippen LogP contribution in [0, 0.1) is 0 Å². The van der Waals surface area contributed by atoms with E-state index in [0.29, 0.717) is 6.54 Å². The number of imidazole rings is 1. The Bertz CT molecular complexity index is 594. The monoisotopic (exact) mass is 315 g/mol. The predicted molar refractivity (Wildman–Crippen MR) is 86.0 cm³/mol. The molecule has 0 radical (unpaired) electrons. The highest BCUT2D eigenvalue weighted by Crippen LogP contribution is 2.15. The second-order valence-corrected chi connectivity index (χ2v) is 5.51. The summed E-state index contributed by atoms with van der Waals surface area (Å²) < 4.78 is 1.93. The fourth-order valence-corrected chi connectivity index (χ4v) is 2.63. The third kappa shape index (κ3) is 4.41. The third-order valence-electron chi connectivity index (χ3n) is 3.88. The maximum Gasteiger partial charge on any atom is 0.315 e. The molecule has 1 aliphatic rings. The summed E-state index contributed by atoms with van der Waals surface area (Å²) in [5.74, 6) is 0.760. The van der Waals surface area contributed by atoms with Gasteiger partial charge >= 0.3 is 6.03 Å². The normalized spacial score (nSPS) is 15.4. The largest absolute Gasteiger partial charge is 0.341 e. The van der Waals surface area contributed by atoms with Crippen molar-refractivity contribution in [2.75, 3.05) is 24.5 Å². The maximum absolute atomic E-state index is 11.9. The molecule has 0 saturated carbocycles. The molecule has 0 aromatic carbocycles. The van der Waals surface area contributed by atoms with E-state index in [1.807, 2.05) is 16.8 Å². The number of urea groups is 1. The van der Waals surface area contributed by atoms with Crippen LogP contribution >= 0.6 is 0 Å². The number of carbonyl (C=O) groups is 1. The van der Waals surface area contributed by atoms with Crippen molar-refractivity contribution < 1.29 is 4.79 Å². The van der Waals surface area contributed by atoms with Gasteiger partial charge in [-0.05, 0) is 18.9 Å². The van der Waals surface area contributed by atoms with Crippen molar-refractivity contribution >= 4 is 12.0 Å². The first kappa shape index (κ1) is 15.3. The lowest BCUT2D eigenvalue weighted by Crippen LogP contribution is -2.48. The number of nitrogens with one attached hydrogen (secondary N) is 2. The second-order valence-electron chi connectivity index (χ2n) is 5.51. The van der Waals surface area contributed by atoms with Gasteiger partial charge in [-0.2, -0.15) is 0 Å². The Morgan fingerprint density at radius 1 is 1.22 bits per heavy atom. The van der Waals surface area contributed by atoms with Crippen LogP contribution in [0.4, 0.5) is 10.7 Å². The number of hydrogen-bond acceptors (Lipinski definition) is 5. The summed E-state index contributed by atoms with van der Waals surface area (Å²) in [5, 5.41) is 5.90. The van der Waals surface area contributed by atoms with Gasteiger partial charge in [-0.25, -0.2) is 19.7 Å². The number of amides is 2. The van der Waals surface area contributed by atoms with E-state index in [1.54, 1.807) is 24.9 Å². The van der Waals surface area contributed by atoms with Crippen LogP contribution in [0.3, 0.4) is 0 Å².